The van der Waals surface area contributed by atoms with Crippen LogP contribution in [0.15, 0.2) is 41.3 Å². The Balaban J connectivity index is 1.78. The third kappa shape index (κ3) is 3.45. The van der Waals surface area contributed by atoms with E-state index in [1.54, 1.807) is 13.2 Å². The lowest BCUT2D eigenvalue weighted by Gasteiger charge is -2.37. The number of aromatic nitrogens is 2. The van der Waals surface area contributed by atoms with Crippen LogP contribution in [0.3, 0.4) is 0 Å². The molecule has 2 heterocycles. The van der Waals surface area contributed by atoms with Crippen molar-refractivity contribution in [2.75, 3.05) is 25.5 Å². The molecule has 3 rings (SSSR count). The molecule has 0 unspecified atom stereocenters. The molecular formula is C18H24N4O. The predicted octanol–water partition coefficient (Wildman–Crippen LogP) is 1.99. The van der Waals surface area contributed by atoms with Crippen LogP contribution in [0.5, 0.6) is 0 Å². The van der Waals surface area contributed by atoms with E-state index in [0.29, 0.717) is 12.0 Å². The van der Waals surface area contributed by atoms with Crippen molar-refractivity contribution in [2.45, 2.75) is 25.3 Å². The highest BCUT2D eigenvalue weighted by Gasteiger charge is 2.26. The first kappa shape index (κ1) is 15.7. The van der Waals surface area contributed by atoms with Gasteiger partial charge in [0.15, 0.2) is 0 Å². The number of piperidine rings is 1. The summed E-state index contributed by atoms with van der Waals surface area (Å²) in [6, 6.07) is 11.0. The molecule has 1 aromatic heterocycles. The minimum absolute atomic E-state index is 0.0428. The molecule has 23 heavy (non-hydrogen) atoms. The molecule has 0 aliphatic carbocycles. The summed E-state index contributed by atoms with van der Waals surface area (Å²) in [6.45, 7) is 3.89. The largest absolute Gasteiger partial charge is 0.379 e. The van der Waals surface area contributed by atoms with Gasteiger partial charge in [-0.25, -0.2) is 4.68 Å². The molecule has 1 aromatic carbocycles. The number of rotatable bonds is 3. The summed E-state index contributed by atoms with van der Waals surface area (Å²) < 4.78 is 1.38. The number of nitrogens with zero attached hydrogens (tertiary/aromatic N) is 3. The summed E-state index contributed by atoms with van der Waals surface area (Å²) in [5.74, 6) is 0.507. The standard InChI is InChI=1S/C18H24N4O/c1-13-17(10-19-22(3)18(13)23)20-16-9-15(11-21(2)12-16)14-7-5-4-6-8-14/h4-8,10,15-16,20H,9,11-12H2,1-3H3/t15-,16+/m0/s1. The number of likely N-dealkylation sites (N-methyl/N-ethyl adjacent to an activating group) is 1. The second-order valence-corrected chi connectivity index (χ2v) is 6.52. The van der Waals surface area contributed by atoms with Crippen LogP contribution < -0.4 is 10.9 Å². The third-order valence-electron chi connectivity index (χ3n) is 4.64. The molecule has 1 fully saturated rings. The van der Waals surface area contributed by atoms with Gasteiger partial charge in [-0.2, -0.15) is 5.10 Å². The highest BCUT2D eigenvalue weighted by molar-refractivity contribution is 5.48. The average Bonchev–Trinajstić information content (AvgIpc) is 2.56. The molecule has 2 aromatic rings. The topological polar surface area (TPSA) is 50.2 Å². The van der Waals surface area contributed by atoms with Crippen LogP contribution in [0, 0.1) is 6.92 Å². The Bertz CT molecular complexity index is 726. The number of hydrogen-bond acceptors (Lipinski definition) is 4. The molecule has 0 bridgehead atoms. The van der Waals surface area contributed by atoms with Gasteiger partial charge in [0.25, 0.3) is 5.56 Å². The summed E-state index contributed by atoms with van der Waals surface area (Å²) in [5, 5.41) is 7.66. The van der Waals surface area contributed by atoms with Crippen LogP contribution >= 0.6 is 0 Å². The smallest absolute Gasteiger partial charge is 0.271 e. The van der Waals surface area contributed by atoms with Crippen LogP contribution in [0.4, 0.5) is 5.69 Å². The summed E-state index contributed by atoms with van der Waals surface area (Å²) in [4.78, 5) is 14.4. The van der Waals surface area contributed by atoms with Gasteiger partial charge in [-0.15, -0.1) is 0 Å². The van der Waals surface area contributed by atoms with Gasteiger partial charge in [-0.1, -0.05) is 30.3 Å². The van der Waals surface area contributed by atoms with Gasteiger partial charge < -0.3 is 10.2 Å². The zero-order valence-electron chi connectivity index (χ0n) is 14.0. The SMILES string of the molecule is Cc1c(N[C@@H]2C[C@H](c3ccccc3)CN(C)C2)cnn(C)c1=O. The Morgan fingerprint density at radius 3 is 2.65 bits per heavy atom. The predicted molar refractivity (Wildman–Crippen MR) is 92.9 cm³/mol. The number of aryl methyl sites for hydroxylation is 1. The van der Waals surface area contributed by atoms with Crippen LogP contribution in [0.25, 0.3) is 0 Å². The van der Waals surface area contributed by atoms with E-state index in [2.05, 4.69) is 52.7 Å². The van der Waals surface area contributed by atoms with E-state index in [1.807, 2.05) is 6.92 Å². The summed E-state index contributed by atoms with van der Waals surface area (Å²) in [6.07, 6.45) is 2.81. The number of benzene rings is 1. The Morgan fingerprint density at radius 2 is 1.91 bits per heavy atom. The van der Waals surface area contributed by atoms with Crippen molar-refractivity contribution in [3.63, 3.8) is 0 Å². The Hall–Kier alpha value is -2.14. The van der Waals surface area contributed by atoms with Crippen molar-refractivity contribution < 1.29 is 0 Å². The Labute approximate surface area is 136 Å². The molecule has 5 heteroatoms. The molecule has 1 saturated heterocycles. The van der Waals surface area contributed by atoms with Crippen LogP contribution in [0.2, 0.25) is 0 Å². The lowest BCUT2D eigenvalue weighted by molar-refractivity contribution is 0.235. The maximum Gasteiger partial charge on any atom is 0.271 e. The minimum Gasteiger partial charge on any atom is -0.379 e. The fraction of sp³-hybridized carbons (Fsp3) is 0.444. The van der Waals surface area contributed by atoms with E-state index in [-0.39, 0.29) is 5.56 Å². The average molecular weight is 312 g/mol. The van der Waals surface area contributed by atoms with Crippen molar-refractivity contribution >= 4 is 5.69 Å². The van der Waals surface area contributed by atoms with Gasteiger partial charge in [0.2, 0.25) is 0 Å². The lowest BCUT2D eigenvalue weighted by Crippen LogP contribution is -2.43. The summed E-state index contributed by atoms with van der Waals surface area (Å²) >= 11 is 0. The first-order valence-electron chi connectivity index (χ1n) is 8.07. The molecule has 0 saturated carbocycles. The Morgan fingerprint density at radius 1 is 1.17 bits per heavy atom. The van der Waals surface area contributed by atoms with E-state index >= 15 is 0 Å². The van der Waals surface area contributed by atoms with Crippen molar-refractivity contribution in [2.24, 2.45) is 7.05 Å². The monoisotopic (exact) mass is 312 g/mol. The molecular weight excluding hydrogens is 288 g/mol. The molecule has 1 aliphatic heterocycles. The normalized spacial score (nSPS) is 22.0. The van der Waals surface area contributed by atoms with Gasteiger partial charge >= 0.3 is 0 Å². The van der Waals surface area contributed by atoms with Crippen LogP contribution in [-0.4, -0.2) is 40.9 Å². The molecule has 1 N–H and O–H groups in total. The Kier molecular flexibility index (Phi) is 4.48. The zero-order chi connectivity index (χ0) is 16.4. The highest BCUT2D eigenvalue weighted by atomic mass is 16.1. The minimum atomic E-state index is -0.0428. The number of nitrogens with one attached hydrogen (secondary N) is 1. The number of likely N-dealkylation sites (tertiary alicyclic amines) is 1. The molecule has 2 atom stereocenters. The number of hydrogen-bond donors (Lipinski definition) is 1. The molecule has 0 spiro atoms. The summed E-state index contributed by atoms with van der Waals surface area (Å²) in [7, 11) is 3.83. The second-order valence-electron chi connectivity index (χ2n) is 6.52. The zero-order valence-corrected chi connectivity index (χ0v) is 14.0. The summed E-state index contributed by atoms with van der Waals surface area (Å²) in [5.41, 5.74) is 2.91. The first-order valence-corrected chi connectivity index (χ1v) is 8.07. The molecule has 1 aliphatic rings. The molecule has 0 amide bonds. The maximum atomic E-state index is 12.0. The van der Waals surface area contributed by atoms with Gasteiger partial charge in [-0.05, 0) is 31.9 Å². The third-order valence-corrected chi connectivity index (χ3v) is 4.64. The highest BCUT2D eigenvalue weighted by Crippen LogP contribution is 2.28. The van der Waals surface area contributed by atoms with Gasteiger partial charge in [0.05, 0.1) is 11.9 Å². The van der Waals surface area contributed by atoms with Crippen molar-refractivity contribution in [3.8, 4) is 0 Å². The van der Waals surface area contributed by atoms with Gasteiger partial charge in [-0.3, -0.25) is 4.79 Å². The quantitative estimate of drug-likeness (QED) is 0.942. The van der Waals surface area contributed by atoms with Crippen LogP contribution in [0.1, 0.15) is 23.5 Å². The lowest BCUT2D eigenvalue weighted by atomic mass is 9.88. The second kappa shape index (κ2) is 6.54. The van der Waals surface area contributed by atoms with E-state index in [1.165, 1.54) is 10.2 Å². The fourth-order valence-corrected chi connectivity index (χ4v) is 3.41. The molecule has 122 valence electrons. The molecule has 5 nitrogen and oxygen atoms in total. The first-order chi connectivity index (χ1) is 11.0. The van der Waals surface area contributed by atoms with Crippen molar-refractivity contribution in [3.05, 3.63) is 58.0 Å². The van der Waals surface area contributed by atoms with Gasteiger partial charge in [0.1, 0.15) is 0 Å². The fourth-order valence-electron chi connectivity index (χ4n) is 3.41. The van der Waals surface area contributed by atoms with E-state index < -0.39 is 0 Å². The van der Waals surface area contributed by atoms with Gasteiger partial charge in [0, 0.05) is 31.7 Å². The van der Waals surface area contributed by atoms with Crippen LogP contribution in [-0.2, 0) is 7.05 Å². The molecule has 0 radical (unpaired) electrons. The van der Waals surface area contributed by atoms with E-state index in [0.717, 1.165) is 30.8 Å². The number of anilines is 1. The van der Waals surface area contributed by atoms with E-state index in [4.69, 9.17) is 0 Å². The maximum absolute atomic E-state index is 12.0. The van der Waals surface area contributed by atoms with Crippen molar-refractivity contribution in [1.82, 2.24) is 14.7 Å². The van der Waals surface area contributed by atoms with E-state index in [9.17, 15) is 4.79 Å². The van der Waals surface area contributed by atoms with Crippen molar-refractivity contribution in [1.29, 1.82) is 0 Å².